The van der Waals surface area contributed by atoms with Crippen molar-refractivity contribution in [1.29, 1.82) is 10.7 Å². The molecule has 0 amide bonds. The van der Waals surface area contributed by atoms with Gasteiger partial charge >= 0.3 is 5.97 Å². The largest absolute Gasteiger partial charge is 0.462 e. The molecule has 0 atom stereocenters. The molecule has 0 saturated heterocycles. The van der Waals surface area contributed by atoms with Crippen molar-refractivity contribution in [2.24, 2.45) is 5.92 Å². The van der Waals surface area contributed by atoms with E-state index < -0.39 is 0 Å². The Morgan fingerprint density at radius 3 is 2.53 bits per heavy atom. The molecule has 0 aromatic rings. The fourth-order valence-corrected chi connectivity index (χ4v) is 1.75. The predicted molar refractivity (Wildman–Crippen MR) is 55.5 cm³/mol. The molecule has 1 saturated carbocycles. The number of carbonyl (C=O) groups excluding carboxylic acids is 1. The summed E-state index contributed by atoms with van der Waals surface area (Å²) in [6, 6.07) is 2.24. The fraction of sp³-hybridized carbons (Fsp3) is 0.727. The van der Waals surface area contributed by atoms with Crippen molar-refractivity contribution in [3.8, 4) is 6.07 Å². The van der Waals surface area contributed by atoms with Crippen LogP contribution in [0.1, 0.15) is 39.0 Å². The molecule has 0 heterocycles. The van der Waals surface area contributed by atoms with Crippen LogP contribution in [0.2, 0.25) is 0 Å². The molecule has 1 aliphatic carbocycles. The zero-order valence-electron chi connectivity index (χ0n) is 8.95. The summed E-state index contributed by atoms with van der Waals surface area (Å²) in [6.45, 7) is 1.59. The SMILES string of the molecule is CC(=N)CC(=O)OC1CCC(C#N)CC1. The molecule has 0 aromatic carbocycles. The Kier molecular flexibility index (Phi) is 4.29. The Bertz CT molecular complexity index is 285. The van der Waals surface area contributed by atoms with Crippen LogP contribution in [0.3, 0.4) is 0 Å². The molecule has 0 spiro atoms. The topological polar surface area (TPSA) is 73.9 Å². The van der Waals surface area contributed by atoms with E-state index in [4.69, 9.17) is 15.4 Å². The van der Waals surface area contributed by atoms with Crippen LogP contribution in [0.25, 0.3) is 0 Å². The Morgan fingerprint density at radius 1 is 1.47 bits per heavy atom. The van der Waals surface area contributed by atoms with Crippen molar-refractivity contribution < 1.29 is 9.53 Å². The Balaban J connectivity index is 2.27. The lowest BCUT2D eigenvalue weighted by Crippen LogP contribution is -2.24. The minimum absolute atomic E-state index is 0.0403. The van der Waals surface area contributed by atoms with Gasteiger partial charge in [-0.25, -0.2) is 0 Å². The predicted octanol–water partition coefficient (Wildman–Crippen LogP) is 2.04. The number of hydrogen-bond acceptors (Lipinski definition) is 4. The highest BCUT2D eigenvalue weighted by atomic mass is 16.5. The quantitative estimate of drug-likeness (QED) is 0.569. The van der Waals surface area contributed by atoms with E-state index in [1.165, 1.54) is 0 Å². The first-order chi connectivity index (χ1) is 7.11. The van der Waals surface area contributed by atoms with E-state index in [1.807, 2.05) is 0 Å². The minimum atomic E-state index is -0.317. The average molecular weight is 208 g/mol. The van der Waals surface area contributed by atoms with Crippen molar-refractivity contribution >= 4 is 11.7 Å². The summed E-state index contributed by atoms with van der Waals surface area (Å²) >= 11 is 0. The first-order valence-corrected chi connectivity index (χ1v) is 5.25. The van der Waals surface area contributed by atoms with Crippen LogP contribution in [-0.4, -0.2) is 17.8 Å². The van der Waals surface area contributed by atoms with Crippen molar-refractivity contribution in [1.82, 2.24) is 0 Å². The molecule has 0 bridgehead atoms. The van der Waals surface area contributed by atoms with Crippen LogP contribution >= 0.6 is 0 Å². The van der Waals surface area contributed by atoms with E-state index in [9.17, 15) is 4.79 Å². The Labute approximate surface area is 89.7 Å². The van der Waals surface area contributed by atoms with Gasteiger partial charge in [-0.15, -0.1) is 0 Å². The molecular formula is C11H16N2O2. The number of hydrogen-bond donors (Lipinski definition) is 1. The first kappa shape index (κ1) is 11.7. The third kappa shape index (κ3) is 4.11. The van der Waals surface area contributed by atoms with Crippen molar-refractivity contribution in [3.63, 3.8) is 0 Å². The van der Waals surface area contributed by atoms with E-state index in [2.05, 4.69) is 6.07 Å². The maximum absolute atomic E-state index is 11.2. The van der Waals surface area contributed by atoms with Crippen molar-refractivity contribution in [2.45, 2.75) is 45.1 Å². The van der Waals surface area contributed by atoms with E-state index >= 15 is 0 Å². The monoisotopic (exact) mass is 208 g/mol. The lowest BCUT2D eigenvalue weighted by atomic mass is 9.88. The Hall–Kier alpha value is -1.37. The summed E-state index contributed by atoms with van der Waals surface area (Å²) in [5, 5.41) is 15.9. The van der Waals surface area contributed by atoms with Gasteiger partial charge in [0, 0.05) is 11.6 Å². The van der Waals surface area contributed by atoms with E-state index in [1.54, 1.807) is 6.92 Å². The molecule has 1 rings (SSSR count). The van der Waals surface area contributed by atoms with Gasteiger partial charge in [0.2, 0.25) is 0 Å². The molecule has 0 aliphatic heterocycles. The molecule has 0 radical (unpaired) electrons. The second kappa shape index (κ2) is 5.50. The molecule has 1 fully saturated rings. The summed E-state index contributed by atoms with van der Waals surface area (Å²) in [7, 11) is 0. The smallest absolute Gasteiger partial charge is 0.311 e. The maximum atomic E-state index is 11.2. The average Bonchev–Trinajstić information content (AvgIpc) is 2.17. The van der Waals surface area contributed by atoms with Crippen LogP contribution in [0.15, 0.2) is 0 Å². The number of esters is 1. The molecule has 0 unspecified atom stereocenters. The molecule has 4 nitrogen and oxygen atoms in total. The highest BCUT2D eigenvalue weighted by molar-refractivity contribution is 5.95. The molecule has 0 aromatic heterocycles. The normalized spacial score (nSPS) is 25.3. The third-order valence-electron chi connectivity index (χ3n) is 2.56. The van der Waals surface area contributed by atoms with Crippen LogP contribution in [0, 0.1) is 22.7 Å². The summed E-state index contributed by atoms with van der Waals surface area (Å²) in [4.78, 5) is 11.2. The summed E-state index contributed by atoms with van der Waals surface area (Å²) in [5.74, 6) is -0.188. The second-order valence-electron chi connectivity index (χ2n) is 4.05. The van der Waals surface area contributed by atoms with Gasteiger partial charge in [-0.2, -0.15) is 5.26 Å². The molecule has 4 heteroatoms. The first-order valence-electron chi connectivity index (χ1n) is 5.25. The lowest BCUT2D eigenvalue weighted by Gasteiger charge is -2.24. The zero-order chi connectivity index (χ0) is 11.3. The number of nitrogens with one attached hydrogen (secondary N) is 1. The molecular weight excluding hydrogens is 192 g/mol. The van der Waals surface area contributed by atoms with E-state index in [0.29, 0.717) is 5.71 Å². The minimum Gasteiger partial charge on any atom is -0.462 e. The highest BCUT2D eigenvalue weighted by Crippen LogP contribution is 2.25. The molecule has 15 heavy (non-hydrogen) atoms. The van der Waals surface area contributed by atoms with Gasteiger partial charge in [0.25, 0.3) is 0 Å². The van der Waals surface area contributed by atoms with Crippen LogP contribution < -0.4 is 0 Å². The van der Waals surface area contributed by atoms with Gasteiger partial charge in [0.05, 0.1) is 12.5 Å². The van der Waals surface area contributed by atoms with Gasteiger partial charge in [0.1, 0.15) is 6.10 Å². The number of rotatable bonds is 3. The van der Waals surface area contributed by atoms with Crippen molar-refractivity contribution in [2.75, 3.05) is 0 Å². The molecule has 1 aliphatic rings. The summed E-state index contributed by atoms with van der Waals surface area (Å²) in [6.07, 6.45) is 3.23. The zero-order valence-corrected chi connectivity index (χ0v) is 8.95. The number of ether oxygens (including phenoxy) is 1. The van der Waals surface area contributed by atoms with E-state index in [-0.39, 0.29) is 24.4 Å². The van der Waals surface area contributed by atoms with Gasteiger partial charge < -0.3 is 10.1 Å². The standard InChI is InChI=1S/C11H16N2O2/c1-8(13)6-11(14)15-10-4-2-9(7-12)3-5-10/h9-10,13H,2-6H2,1H3. The summed E-state index contributed by atoms with van der Waals surface area (Å²) < 4.78 is 5.21. The second-order valence-corrected chi connectivity index (χ2v) is 4.05. The number of carbonyl (C=O) groups is 1. The van der Waals surface area contributed by atoms with Gasteiger partial charge in [0.15, 0.2) is 0 Å². The van der Waals surface area contributed by atoms with Crippen LogP contribution in [0.4, 0.5) is 0 Å². The maximum Gasteiger partial charge on any atom is 0.311 e. The highest BCUT2D eigenvalue weighted by Gasteiger charge is 2.23. The van der Waals surface area contributed by atoms with Gasteiger partial charge in [-0.1, -0.05) is 0 Å². The molecule has 82 valence electrons. The lowest BCUT2D eigenvalue weighted by molar-refractivity contribution is -0.149. The van der Waals surface area contributed by atoms with Crippen LogP contribution in [0.5, 0.6) is 0 Å². The van der Waals surface area contributed by atoms with Gasteiger partial charge in [-0.05, 0) is 32.6 Å². The summed E-state index contributed by atoms with van der Waals surface area (Å²) in [5.41, 5.74) is 0.325. The van der Waals surface area contributed by atoms with Crippen molar-refractivity contribution in [3.05, 3.63) is 0 Å². The third-order valence-corrected chi connectivity index (χ3v) is 2.56. The van der Waals surface area contributed by atoms with Crippen LogP contribution in [-0.2, 0) is 9.53 Å². The van der Waals surface area contributed by atoms with Gasteiger partial charge in [-0.3, -0.25) is 4.79 Å². The fourth-order valence-electron chi connectivity index (χ4n) is 1.75. The number of nitriles is 1. The van der Waals surface area contributed by atoms with E-state index in [0.717, 1.165) is 25.7 Å². The molecule has 1 N–H and O–H groups in total. The Morgan fingerprint density at radius 2 is 2.07 bits per heavy atom. The number of nitrogens with zero attached hydrogens (tertiary/aromatic N) is 1.